The van der Waals surface area contributed by atoms with E-state index >= 15 is 0 Å². The number of para-hydroxylation sites is 1. The summed E-state index contributed by atoms with van der Waals surface area (Å²) in [7, 11) is 0. The molecule has 0 saturated heterocycles. The molecular formula is C15H13IN2S. The highest BCUT2D eigenvalue weighted by molar-refractivity contribution is 14.1. The van der Waals surface area contributed by atoms with E-state index in [1.807, 2.05) is 30.3 Å². The van der Waals surface area contributed by atoms with Gasteiger partial charge in [-0.2, -0.15) is 0 Å². The monoisotopic (exact) mass is 380 g/mol. The predicted octanol–water partition coefficient (Wildman–Crippen LogP) is 4.14. The van der Waals surface area contributed by atoms with E-state index in [1.165, 1.54) is 13.8 Å². The van der Waals surface area contributed by atoms with Gasteiger partial charge in [0, 0.05) is 16.0 Å². The van der Waals surface area contributed by atoms with Crippen LogP contribution in [-0.2, 0) is 6.42 Å². The summed E-state index contributed by atoms with van der Waals surface area (Å²) in [6.45, 7) is 0. The Morgan fingerprint density at radius 1 is 1.11 bits per heavy atom. The van der Waals surface area contributed by atoms with Gasteiger partial charge in [0.15, 0.2) is 0 Å². The maximum atomic E-state index is 6.31. The Morgan fingerprint density at radius 2 is 1.84 bits per heavy atom. The van der Waals surface area contributed by atoms with E-state index in [-0.39, 0.29) is 6.04 Å². The fourth-order valence-electron chi connectivity index (χ4n) is 2.08. The second-order valence-corrected chi connectivity index (χ2v) is 6.68. The van der Waals surface area contributed by atoms with Gasteiger partial charge in [-0.1, -0.05) is 30.3 Å². The molecule has 2 N–H and O–H groups in total. The Balaban J connectivity index is 1.86. The molecule has 19 heavy (non-hydrogen) atoms. The SMILES string of the molecule is NC(Cc1nc2ccccc2s1)c1ccccc1I. The highest BCUT2D eigenvalue weighted by atomic mass is 127. The highest BCUT2D eigenvalue weighted by Crippen LogP contribution is 2.26. The molecule has 0 saturated carbocycles. The molecule has 0 aliphatic rings. The number of thiazole rings is 1. The van der Waals surface area contributed by atoms with Crippen molar-refractivity contribution in [1.82, 2.24) is 4.98 Å². The number of nitrogens with zero attached hydrogens (tertiary/aromatic N) is 1. The molecule has 1 heterocycles. The average Bonchev–Trinajstić information content (AvgIpc) is 2.81. The van der Waals surface area contributed by atoms with Crippen LogP contribution in [0.15, 0.2) is 48.5 Å². The molecule has 0 spiro atoms. The van der Waals surface area contributed by atoms with Gasteiger partial charge in [0.1, 0.15) is 0 Å². The van der Waals surface area contributed by atoms with E-state index in [1.54, 1.807) is 11.3 Å². The lowest BCUT2D eigenvalue weighted by Crippen LogP contribution is -2.14. The number of benzene rings is 2. The molecule has 2 aromatic carbocycles. The van der Waals surface area contributed by atoms with Gasteiger partial charge in [0.25, 0.3) is 0 Å². The number of hydrogen-bond donors (Lipinski definition) is 1. The quantitative estimate of drug-likeness (QED) is 0.694. The van der Waals surface area contributed by atoms with Gasteiger partial charge in [-0.3, -0.25) is 0 Å². The van der Waals surface area contributed by atoms with Crippen molar-refractivity contribution >= 4 is 44.1 Å². The number of aromatic nitrogens is 1. The summed E-state index contributed by atoms with van der Waals surface area (Å²) in [4.78, 5) is 4.64. The van der Waals surface area contributed by atoms with Gasteiger partial charge in [0.2, 0.25) is 0 Å². The van der Waals surface area contributed by atoms with Crippen LogP contribution in [0.1, 0.15) is 16.6 Å². The van der Waals surface area contributed by atoms with E-state index in [9.17, 15) is 0 Å². The topological polar surface area (TPSA) is 38.9 Å². The van der Waals surface area contributed by atoms with Gasteiger partial charge in [0.05, 0.1) is 15.2 Å². The van der Waals surface area contributed by atoms with Crippen LogP contribution in [0, 0.1) is 3.57 Å². The Labute approximate surface area is 129 Å². The zero-order chi connectivity index (χ0) is 13.2. The molecule has 3 aromatic rings. The number of nitrogens with two attached hydrogens (primary N) is 1. The van der Waals surface area contributed by atoms with Crippen LogP contribution in [0.3, 0.4) is 0 Å². The van der Waals surface area contributed by atoms with E-state index in [4.69, 9.17) is 5.73 Å². The minimum atomic E-state index is 0.00802. The fraction of sp³-hybridized carbons (Fsp3) is 0.133. The number of fused-ring (bicyclic) bond motifs is 1. The standard InChI is InChI=1S/C15H13IN2S/c16-11-6-2-1-5-10(11)12(17)9-15-18-13-7-3-4-8-14(13)19-15/h1-8,12H,9,17H2. The van der Waals surface area contributed by atoms with Crippen LogP contribution >= 0.6 is 33.9 Å². The summed E-state index contributed by atoms with van der Waals surface area (Å²) >= 11 is 4.07. The molecule has 1 unspecified atom stereocenters. The first-order valence-corrected chi connectivity index (χ1v) is 7.98. The minimum Gasteiger partial charge on any atom is -0.324 e. The molecule has 3 rings (SSSR count). The summed E-state index contributed by atoms with van der Waals surface area (Å²) in [5, 5.41) is 1.10. The smallest absolute Gasteiger partial charge is 0.0957 e. The van der Waals surface area contributed by atoms with Crippen molar-refractivity contribution in [2.24, 2.45) is 5.73 Å². The van der Waals surface area contributed by atoms with E-state index in [0.29, 0.717) is 0 Å². The Bertz CT molecular complexity index is 675. The number of halogens is 1. The summed E-state index contributed by atoms with van der Waals surface area (Å²) in [6, 6.07) is 16.5. The number of hydrogen-bond acceptors (Lipinski definition) is 3. The summed E-state index contributed by atoms with van der Waals surface area (Å²) in [5.74, 6) is 0. The third-order valence-corrected chi connectivity index (χ3v) is 5.08. The molecule has 0 bridgehead atoms. The van der Waals surface area contributed by atoms with Gasteiger partial charge < -0.3 is 5.73 Å². The molecule has 1 aromatic heterocycles. The van der Waals surface area contributed by atoms with Crippen molar-refractivity contribution < 1.29 is 0 Å². The van der Waals surface area contributed by atoms with Crippen LogP contribution in [0.4, 0.5) is 0 Å². The lowest BCUT2D eigenvalue weighted by Gasteiger charge is -2.11. The highest BCUT2D eigenvalue weighted by Gasteiger charge is 2.12. The molecule has 0 aliphatic carbocycles. The minimum absolute atomic E-state index is 0.00802. The lowest BCUT2D eigenvalue weighted by atomic mass is 10.1. The molecule has 0 amide bonds. The van der Waals surface area contributed by atoms with Crippen molar-refractivity contribution in [2.45, 2.75) is 12.5 Å². The normalized spacial score (nSPS) is 12.7. The summed E-state index contributed by atoms with van der Waals surface area (Å²) in [6.07, 6.45) is 0.791. The van der Waals surface area contributed by atoms with Crippen molar-refractivity contribution in [1.29, 1.82) is 0 Å². The molecule has 2 nitrogen and oxygen atoms in total. The van der Waals surface area contributed by atoms with E-state index in [0.717, 1.165) is 16.9 Å². The van der Waals surface area contributed by atoms with Gasteiger partial charge in [-0.25, -0.2) is 4.98 Å². The van der Waals surface area contributed by atoms with Crippen molar-refractivity contribution in [3.05, 3.63) is 62.7 Å². The summed E-state index contributed by atoms with van der Waals surface area (Å²) < 4.78 is 2.45. The van der Waals surface area contributed by atoms with Crippen molar-refractivity contribution in [2.75, 3.05) is 0 Å². The molecule has 1 atom stereocenters. The molecule has 0 aliphatic heterocycles. The summed E-state index contributed by atoms with van der Waals surface area (Å²) in [5.41, 5.74) is 8.58. The molecule has 0 fully saturated rings. The third kappa shape index (κ3) is 2.80. The van der Waals surface area contributed by atoms with Crippen LogP contribution in [0.2, 0.25) is 0 Å². The zero-order valence-corrected chi connectivity index (χ0v) is 13.2. The average molecular weight is 380 g/mol. The second kappa shape index (κ2) is 5.56. The zero-order valence-electron chi connectivity index (χ0n) is 10.2. The second-order valence-electron chi connectivity index (χ2n) is 4.41. The van der Waals surface area contributed by atoms with Crippen LogP contribution in [0.25, 0.3) is 10.2 Å². The molecule has 96 valence electrons. The first-order valence-electron chi connectivity index (χ1n) is 6.08. The molecule has 4 heteroatoms. The predicted molar refractivity (Wildman–Crippen MR) is 89.4 cm³/mol. The molecule has 0 radical (unpaired) electrons. The first kappa shape index (κ1) is 13.0. The van der Waals surface area contributed by atoms with Gasteiger partial charge in [-0.15, -0.1) is 11.3 Å². The fourth-order valence-corrected chi connectivity index (χ4v) is 3.89. The maximum Gasteiger partial charge on any atom is 0.0957 e. The largest absolute Gasteiger partial charge is 0.324 e. The van der Waals surface area contributed by atoms with Crippen LogP contribution in [0.5, 0.6) is 0 Å². The van der Waals surface area contributed by atoms with E-state index < -0.39 is 0 Å². The van der Waals surface area contributed by atoms with E-state index in [2.05, 4.69) is 45.8 Å². The maximum absolute atomic E-state index is 6.31. The lowest BCUT2D eigenvalue weighted by molar-refractivity contribution is 0.715. The molecular weight excluding hydrogens is 367 g/mol. The van der Waals surface area contributed by atoms with Crippen molar-refractivity contribution in [3.63, 3.8) is 0 Å². The van der Waals surface area contributed by atoms with Gasteiger partial charge >= 0.3 is 0 Å². The number of rotatable bonds is 3. The third-order valence-electron chi connectivity index (χ3n) is 3.04. The Morgan fingerprint density at radius 3 is 2.63 bits per heavy atom. The van der Waals surface area contributed by atoms with Crippen LogP contribution in [-0.4, -0.2) is 4.98 Å². The van der Waals surface area contributed by atoms with Crippen LogP contribution < -0.4 is 5.73 Å². The Hall–Kier alpha value is -0.980. The Kier molecular flexibility index (Phi) is 3.81. The van der Waals surface area contributed by atoms with Gasteiger partial charge in [-0.05, 0) is 46.4 Å². The first-order chi connectivity index (χ1) is 9.24. The van der Waals surface area contributed by atoms with Crippen molar-refractivity contribution in [3.8, 4) is 0 Å².